The highest BCUT2D eigenvalue weighted by atomic mass is 35.5. The second kappa shape index (κ2) is 6.04. The molecule has 2 N–H and O–H groups in total. The molecular weight excluding hydrogens is 300 g/mol. The van der Waals surface area contributed by atoms with Crippen molar-refractivity contribution >= 4 is 34.1 Å². The summed E-state index contributed by atoms with van der Waals surface area (Å²) in [6, 6.07) is 3.72. The van der Waals surface area contributed by atoms with Crippen molar-refractivity contribution in [3.05, 3.63) is 47.3 Å². The zero-order chi connectivity index (χ0) is 15.5. The van der Waals surface area contributed by atoms with Crippen LogP contribution in [-0.2, 0) is 4.79 Å². The molecule has 1 aliphatic rings. The fourth-order valence-corrected chi connectivity index (χ4v) is 2.67. The van der Waals surface area contributed by atoms with Gasteiger partial charge in [0.2, 0.25) is 5.91 Å². The molecule has 0 fully saturated rings. The number of H-pyrrole nitrogens is 1. The standard InChI is InChI=1S/C16H13ClN4O/c17-14-9-20-16-13(14)7-11(8-19-16)10-2-1-3-12(6-10)21-15(22)4-5-18/h1-3,7-9,12H,4,6H2,(H,19,20)(H,21,22). The third kappa shape index (κ3) is 2.87. The molecule has 1 atom stereocenters. The van der Waals surface area contributed by atoms with E-state index in [1.54, 1.807) is 12.4 Å². The number of fused-ring (bicyclic) bond motifs is 1. The first-order valence-electron chi connectivity index (χ1n) is 6.84. The number of carbonyl (C=O) groups is 1. The molecule has 0 bridgehead atoms. The van der Waals surface area contributed by atoms with Crippen molar-refractivity contribution in [2.24, 2.45) is 0 Å². The van der Waals surface area contributed by atoms with Crippen LogP contribution in [0.1, 0.15) is 18.4 Å². The smallest absolute Gasteiger partial charge is 0.234 e. The van der Waals surface area contributed by atoms with Gasteiger partial charge in [0.25, 0.3) is 0 Å². The fourth-order valence-electron chi connectivity index (χ4n) is 2.47. The van der Waals surface area contributed by atoms with Crippen LogP contribution in [0.5, 0.6) is 0 Å². The molecule has 1 amide bonds. The van der Waals surface area contributed by atoms with Crippen LogP contribution in [0.15, 0.2) is 36.7 Å². The number of nitrogens with zero attached hydrogens (tertiary/aromatic N) is 2. The Bertz CT molecular complexity index is 828. The van der Waals surface area contributed by atoms with E-state index in [1.807, 2.05) is 30.4 Å². The number of rotatable bonds is 3. The monoisotopic (exact) mass is 312 g/mol. The second-order valence-corrected chi connectivity index (χ2v) is 5.45. The van der Waals surface area contributed by atoms with Crippen molar-refractivity contribution in [2.75, 3.05) is 0 Å². The average molecular weight is 313 g/mol. The highest BCUT2D eigenvalue weighted by Gasteiger charge is 2.16. The lowest BCUT2D eigenvalue weighted by molar-refractivity contribution is -0.120. The van der Waals surface area contributed by atoms with E-state index in [9.17, 15) is 4.79 Å². The Labute approximate surface area is 132 Å². The summed E-state index contributed by atoms with van der Waals surface area (Å²) >= 11 is 6.12. The topological polar surface area (TPSA) is 81.6 Å². The average Bonchev–Trinajstić information content (AvgIpc) is 2.89. The summed E-state index contributed by atoms with van der Waals surface area (Å²) in [7, 11) is 0. The normalized spacial score (nSPS) is 17.1. The summed E-state index contributed by atoms with van der Waals surface area (Å²) in [5, 5.41) is 12.9. The van der Waals surface area contributed by atoms with E-state index in [-0.39, 0.29) is 18.4 Å². The molecule has 0 saturated heterocycles. The predicted molar refractivity (Wildman–Crippen MR) is 85.0 cm³/mol. The number of amides is 1. The molecule has 0 spiro atoms. The van der Waals surface area contributed by atoms with Crippen molar-refractivity contribution in [3.63, 3.8) is 0 Å². The van der Waals surface area contributed by atoms with Crippen LogP contribution in [0, 0.1) is 11.3 Å². The fraction of sp³-hybridized carbons (Fsp3) is 0.188. The number of aromatic amines is 1. The third-order valence-corrected chi connectivity index (χ3v) is 3.83. The van der Waals surface area contributed by atoms with E-state index < -0.39 is 0 Å². The number of carbonyl (C=O) groups excluding carboxylic acids is 1. The summed E-state index contributed by atoms with van der Waals surface area (Å²) in [4.78, 5) is 18.9. The van der Waals surface area contributed by atoms with Crippen molar-refractivity contribution in [2.45, 2.75) is 18.9 Å². The van der Waals surface area contributed by atoms with Gasteiger partial charge in [-0.3, -0.25) is 4.79 Å². The van der Waals surface area contributed by atoms with Crippen LogP contribution < -0.4 is 5.32 Å². The van der Waals surface area contributed by atoms with E-state index >= 15 is 0 Å². The van der Waals surface area contributed by atoms with Gasteiger partial charge in [-0.15, -0.1) is 0 Å². The molecule has 0 saturated carbocycles. The van der Waals surface area contributed by atoms with Gasteiger partial charge < -0.3 is 10.3 Å². The van der Waals surface area contributed by atoms with Crippen LogP contribution in [0.4, 0.5) is 0 Å². The van der Waals surface area contributed by atoms with E-state index in [2.05, 4.69) is 15.3 Å². The first-order valence-corrected chi connectivity index (χ1v) is 7.22. The Morgan fingerprint density at radius 2 is 2.45 bits per heavy atom. The molecule has 0 aliphatic heterocycles. The zero-order valence-corrected chi connectivity index (χ0v) is 12.4. The van der Waals surface area contributed by atoms with E-state index in [0.717, 1.165) is 22.2 Å². The quantitative estimate of drug-likeness (QED) is 0.914. The molecule has 0 radical (unpaired) electrons. The minimum Gasteiger partial charge on any atom is -0.349 e. The molecule has 2 heterocycles. The van der Waals surface area contributed by atoms with Gasteiger partial charge >= 0.3 is 0 Å². The number of nitriles is 1. The van der Waals surface area contributed by atoms with E-state index in [1.165, 1.54) is 0 Å². The Morgan fingerprint density at radius 3 is 3.27 bits per heavy atom. The highest BCUT2D eigenvalue weighted by molar-refractivity contribution is 6.35. The van der Waals surface area contributed by atoms with Gasteiger partial charge in [0.1, 0.15) is 12.1 Å². The maximum atomic E-state index is 11.5. The lowest BCUT2D eigenvalue weighted by atomic mass is 9.95. The summed E-state index contributed by atoms with van der Waals surface area (Å²) in [5.74, 6) is -0.263. The lowest BCUT2D eigenvalue weighted by Crippen LogP contribution is -2.33. The van der Waals surface area contributed by atoms with Gasteiger partial charge in [-0.25, -0.2) is 4.98 Å². The van der Waals surface area contributed by atoms with E-state index in [4.69, 9.17) is 16.9 Å². The van der Waals surface area contributed by atoms with E-state index in [0.29, 0.717) is 11.4 Å². The van der Waals surface area contributed by atoms with Gasteiger partial charge in [0.15, 0.2) is 0 Å². The zero-order valence-electron chi connectivity index (χ0n) is 11.6. The highest BCUT2D eigenvalue weighted by Crippen LogP contribution is 2.28. The molecule has 1 aliphatic carbocycles. The minimum atomic E-state index is -0.263. The Balaban J connectivity index is 1.80. The summed E-state index contributed by atoms with van der Waals surface area (Å²) in [6.07, 6.45) is 9.83. The van der Waals surface area contributed by atoms with Crippen LogP contribution in [0.25, 0.3) is 16.6 Å². The molecule has 3 rings (SSSR count). The molecule has 6 heteroatoms. The number of hydrogen-bond acceptors (Lipinski definition) is 3. The van der Waals surface area contributed by atoms with Gasteiger partial charge in [-0.2, -0.15) is 5.26 Å². The number of halogens is 1. The maximum absolute atomic E-state index is 11.5. The first-order chi connectivity index (χ1) is 10.7. The second-order valence-electron chi connectivity index (χ2n) is 5.05. The summed E-state index contributed by atoms with van der Waals surface area (Å²) < 4.78 is 0. The minimum absolute atomic E-state index is 0.113. The Kier molecular flexibility index (Phi) is 3.94. The van der Waals surface area contributed by atoms with Crippen LogP contribution >= 0.6 is 11.6 Å². The Hall–Kier alpha value is -2.58. The van der Waals surface area contributed by atoms with Gasteiger partial charge in [-0.05, 0) is 23.6 Å². The third-order valence-electron chi connectivity index (χ3n) is 3.52. The Morgan fingerprint density at radius 1 is 1.59 bits per heavy atom. The van der Waals surface area contributed by atoms with Gasteiger partial charge in [-0.1, -0.05) is 29.8 Å². The SMILES string of the molecule is N#CCC(=O)NC1C=CC=C(c2cnc3[nH]cc(Cl)c3c2)C1. The number of allylic oxidation sites excluding steroid dienone is 2. The molecule has 5 nitrogen and oxygen atoms in total. The van der Waals surface area contributed by atoms with Crippen LogP contribution in [0.3, 0.4) is 0 Å². The maximum Gasteiger partial charge on any atom is 0.234 e. The molecule has 22 heavy (non-hydrogen) atoms. The molecule has 2 aromatic heterocycles. The molecule has 0 aromatic carbocycles. The van der Waals surface area contributed by atoms with Crippen LogP contribution in [0.2, 0.25) is 5.02 Å². The number of nitrogens with one attached hydrogen (secondary N) is 2. The van der Waals surface area contributed by atoms with Crippen LogP contribution in [-0.4, -0.2) is 21.9 Å². The summed E-state index contributed by atoms with van der Waals surface area (Å²) in [5.41, 5.74) is 2.79. The van der Waals surface area contributed by atoms with Crippen molar-refractivity contribution < 1.29 is 4.79 Å². The lowest BCUT2D eigenvalue weighted by Gasteiger charge is -2.19. The predicted octanol–water partition coefficient (Wildman–Crippen LogP) is 2.96. The molecular formula is C16H13ClN4O. The number of pyridine rings is 1. The summed E-state index contributed by atoms with van der Waals surface area (Å²) in [6.45, 7) is 0. The van der Waals surface area contributed by atoms with Crippen molar-refractivity contribution in [1.29, 1.82) is 5.26 Å². The largest absolute Gasteiger partial charge is 0.349 e. The van der Waals surface area contributed by atoms with Crippen molar-refractivity contribution in [1.82, 2.24) is 15.3 Å². The first kappa shape index (κ1) is 14.4. The van der Waals surface area contributed by atoms with Gasteiger partial charge in [0.05, 0.1) is 17.1 Å². The molecule has 1 unspecified atom stereocenters. The van der Waals surface area contributed by atoms with Gasteiger partial charge in [0, 0.05) is 17.8 Å². The molecule has 110 valence electrons. The number of hydrogen-bond donors (Lipinski definition) is 2. The van der Waals surface area contributed by atoms with Crippen molar-refractivity contribution in [3.8, 4) is 6.07 Å². The number of aromatic nitrogens is 2. The molecule has 2 aromatic rings.